The Balaban J connectivity index is 1.50. The van der Waals surface area contributed by atoms with Crippen molar-refractivity contribution in [2.75, 3.05) is 18.4 Å². The normalized spacial score (nSPS) is 15.9. The van der Waals surface area contributed by atoms with Crippen LogP contribution >= 0.6 is 34.5 Å². The molecule has 1 aliphatic heterocycles. The number of rotatable bonds is 5. The van der Waals surface area contributed by atoms with Crippen LogP contribution in [0.4, 0.5) is 5.13 Å². The summed E-state index contributed by atoms with van der Waals surface area (Å²) in [5, 5.41) is 6.23. The number of ether oxygens (including phenoxy) is 1. The number of anilines is 1. The molecule has 150 valence electrons. The van der Waals surface area contributed by atoms with Gasteiger partial charge in [-0.2, -0.15) is 0 Å². The van der Waals surface area contributed by atoms with Crippen molar-refractivity contribution < 1.29 is 14.3 Å². The summed E-state index contributed by atoms with van der Waals surface area (Å²) in [5.41, 5.74) is 0.885. The lowest BCUT2D eigenvalue weighted by Gasteiger charge is -2.32. The third-order valence-corrected chi connectivity index (χ3v) is 5.98. The summed E-state index contributed by atoms with van der Waals surface area (Å²) in [7, 11) is 0. The average molecular weight is 442 g/mol. The molecule has 1 aliphatic rings. The lowest BCUT2D eigenvalue weighted by molar-refractivity contribution is -0.140. The number of hydrogen-bond donors (Lipinski definition) is 1. The number of piperidine rings is 1. The summed E-state index contributed by atoms with van der Waals surface area (Å²) >= 11 is 13.4. The van der Waals surface area contributed by atoms with Gasteiger partial charge in [-0.15, -0.1) is 11.3 Å². The molecule has 9 heteroatoms. The Kier molecular flexibility index (Phi) is 6.80. The van der Waals surface area contributed by atoms with Gasteiger partial charge in [0.05, 0.1) is 10.7 Å². The highest BCUT2D eigenvalue weighted by Crippen LogP contribution is 2.29. The number of carbonyl (C=O) groups excluding carboxylic acids is 2. The van der Waals surface area contributed by atoms with Crippen molar-refractivity contribution >= 4 is 51.5 Å². The van der Waals surface area contributed by atoms with Crippen LogP contribution in [0.2, 0.25) is 10.0 Å². The van der Waals surface area contributed by atoms with Gasteiger partial charge in [-0.05, 0) is 44.9 Å². The average Bonchev–Trinajstić information content (AvgIpc) is 3.08. The molecule has 0 radical (unpaired) electrons. The first-order valence-corrected chi connectivity index (χ1v) is 10.6. The first-order valence-electron chi connectivity index (χ1n) is 8.97. The van der Waals surface area contributed by atoms with Crippen molar-refractivity contribution in [1.82, 2.24) is 9.88 Å². The quantitative estimate of drug-likeness (QED) is 0.745. The second kappa shape index (κ2) is 9.11. The first kappa shape index (κ1) is 20.9. The molecule has 2 heterocycles. The minimum atomic E-state index is -0.678. The smallest absolute Gasteiger partial charge is 0.263 e. The topological polar surface area (TPSA) is 71.5 Å². The largest absolute Gasteiger partial charge is 0.479 e. The number of nitrogens with zero attached hydrogens (tertiary/aromatic N) is 2. The Bertz CT molecular complexity index is 866. The molecule has 6 nitrogen and oxygen atoms in total. The molecule has 3 rings (SSSR count). The van der Waals surface area contributed by atoms with Gasteiger partial charge in [-0.1, -0.05) is 23.2 Å². The zero-order valence-electron chi connectivity index (χ0n) is 15.6. The van der Waals surface area contributed by atoms with Crippen molar-refractivity contribution in [3.63, 3.8) is 0 Å². The predicted molar refractivity (Wildman–Crippen MR) is 111 cm³/mol. The zero-order valence-corrected chi connectivity index (χ0v) is 17.9. The summed E-state index contributed by atoms with van der Waals surface area (Å²) in [5.74, 6) is 0.120. The third-order valence-electron chi connectivity index (χ3n) is 4.57. The van der Waals surface area contributed by atoms with Crippen molar-refractivity contribution in [2.45, 2.75) is 32.8 Å². The van der Waals surface area contributed by atoms with E-state index in [0.29, 0.717) is 46.9 Å². The first-order chi connectivity index (χ1) is 13.3. The van der Waals surface area contributed by atoms with Crippen LogP contribution in [0.15, 0.2) is 23.6 Å². The molecule has 0 bridgehead atoms. The van der Waals surface area contributed by atoms with E-state index in [4.69, 9.17) is 27.9 Å². The Hall–Kier alpha value is -1.83. The number of aryl methyl sites for hydroxylation is 1. The van der Waals surface area contributed by atoms with Crippen LogP contribution in [0.25, 0.3) is 0 Å². The molecule has 0 saturated carbocycles. The number of likely N-dealkylation sites (tertiary alicyclic amines) is 1. The second-order valence-electron chi connectivity index (χ2n) is 6.72. The molecule has 1 saturated heterocycles. The fraction of sp³-hybridized carbons (Fsp3) is 0.421. The van der Waals surface area contributed by atoms with Crippen molar-refractivity contribution in [1.29, 1.82) is 0 Å². The number of amides is 2. The Morgan fingerprint density at radius 1 is 1.32 bits per heavy atom. The maximum atomic E-state index is 12.7. The van der Waals surface area contributed by atoms with Crippen LogP contribution in [0.5, 0.6) is 5.75 Å². The van der Waals surface area contributed by atoms with Crippen molar-refractivity contribution in [3.05, 3.63) is 39.3 Å². The summed E-state index contributed by atoms with van der Waals surface area (Å²) in [6, 6.07) is 4.88. The fourth-order valence-corrected chi connectivity index (χ4v) is 4.19. The minimum absolute atomic E-state index is 0.0429. The van der Waals surface area contributed by atoms with Gasteiger partial charge in [-0.25, -0.2) is 4.98 Å². The number of benzene rings is 1. The Labute approximate surface area is 177 Å². The monoisotopic (exact) mass is 441 g/mol. The highest BCUT2D eigenvalue weighted by molar-refractivity contribution is 7.13. The molecule has 1 atom stereocenters. The number of carbonyl (C=O) groups is 2. The second-order valence-corrected chi connectivity index (χ2v) is 8.42. The predicted octanol–water partition coefficient (Wildman–Crippen LogP) is 4.40. The van der Waals surface area contributed by atoms with E-state index in [0.717, 1.165) is 5.69 Å². The maximum absolute atomic E-state index is 12.7. The SMILES string of the molecule is Cc1csc(NC(=O)C2CCN(C(=O)C(C)Oc3ccc(Cl)cc3Cl)CC2)n1. The molecule has 1 N–H and O–H groups in total. The van der Waals surface area contributed by atoms with Crippen LogP contribution in [-0.4, -0.2) is 40.9 Å². The molecule has 1 fully saturated rings. The van der Waals surface area contributed by atoms with Crippen LogP contribution in [0, 0.1) is 12.8 Å². The summed E-state index contributed by atoms with van der Waals surface area (Å²) in [6.45, 7) is 4.60. The third kappa shape index (κ3) is 5.16. The van der Waals surface area contributed by atoms with E-state index < -0.39 is 6.10 Å². The maximum Gasteiger partial charge on any atom is 0.263 e. The van der Waals surface area contributed by atoms with E-state index in [1.807, 2.05) is 12.3 Å². The molecule has 0 aliphatic carbocycles. The molecule has 1 unspecified atom stereocenters. The van der Waals surface area contributed by atoms with Gasteiger partial charge < -0.3 is 15.0 Å². The van der Waals surface area contributed by atoms with Gasteiger partial charge in [0.25, 0.3) is 5.91 Å². The number of halogens is 2. The number of aromatic nitrogens is 1. The standard InChI is InChI=1S/C19H21Cl2N3O3S/c1-11-10-28-19(22-11)23-17(25)13-5-7-24(8-6-13)18(26)12(2)27-16-4-3-14(20)9-15(16)21/h3-4,9-10,12-13H,5-8H2,1-2H3,(H,22,23,25). The zero-order chi connectivity index (χ0) is 20.3. The van der Waals surface area contributed by atoms with Crippen LogP contribution in [0.3, 0.4) is 0 Å². The van der Waals surface area contributed by atoms with E-state index in [2.05, 4.69) is 10.3 Å². The van der Waals surface area contributed by atoms with Crippen molar-refractivity contribution in [2.24, 2.45) is 5.92 Å². The molecule has 28 heavy (non-hydrogen) atoms. The molecular formula is C19H21Cl2N3O3S. The van der Waals surface area contributed by atoms with E-state index in [9.17, 15) is 9.59 Å². The van der Waals surface area contributed by atoms with Gasteiger partial charge >= 0.3 is 0 Å². The molecule has 0 spiro atoms. The van der Waals surface area contributed by atoms with Gasteiger partial charge in [0.15, 0.2) is 11.2 Å². The fourth-order valence-electron chi connectivity index (χ4n) is 3.05. The highest BCUT2D eigenvalue weighted by atomic mass is 35.5. The van der Waals surface area contributed by atoms with Gasteiger partial charge in [-0.3, -0.25) is 9.59 Å². The van der Waals surface area contributed by atoms with Crippen LogP contribution in [0.1, 0.15) is 25.5 Å². The van der Waals surface area contributed by atoms with Gasteiger partial charge in [0.1, 0.15) is 5.75 Å². The summed E-state index contributed by atoms with van der Waals surface area (Å²) in [6.07, 6.45) is 0.537. The van der Waals surface area contributed by atoms with Crippen LogP contribution in [-0.2, 0) is 9.59 Å². The Morgan fingerprint density at radius 2 is 2.04 bits per heavy atom. The summed E-state index contributed by atoms with van der Waals surface area (Å²) < 4.78 is 5.70. The van der Waals surface area contributed by atoms with Gasteiger partial charge in [0.2, 0.25) is 5.91 Å². The van der Waals surface area contributed by atoms with E-state index in [1.165, 1.54) is 11.3 Å². The lowest BCUT2D eigenvalue weighted by Crippen LogP contribution is -2.46. The number of thiazole rings is 1. The number of hydrogen-bond acceptors (Lipinski definition) is 5. The minimum Gasteiger partial charge on any atom is -0.479 e. The van der Waals surface area contributed by atoms with E-state index in [1.54, 1.807) is 30.0 Å². The molecule has 1 aromatic carbocycles. The molecular weight excluding hydrogens is 421 g/mol. The van der Waals surface area contributed by atoms with Crippen molar-refractivity contribution in [3.8, 4) is 5.75 Å². The lowest BCUT2D eigenvalue weighted by atomic mass is 9.95. The number of nitrogens with one attached hydrogen (secondary N) is 1. The Morgan fingerprint density at radius 3 is 2.64 bits per heavy atom. The van der Waals surface area contributed by atoms with Crippen LogP contribution < -0.4 is 10.1 Å². The van der Waals surface area contributed by atoms with E-state index in [-0.39, 0.29) is 17.7 Å². The van der Waals surface area contributed by atoms with E-state index >= 15 is 0 Å². The molecule has 1 aromatic heterocycles. The molecule has 2 amide bonds. The molecule has 2 aromatic rings. The van der Waals surface area contributed by atoms with Gasteiger partial charge in [0, 0.05) is 29.4 Å². The highest BCUT2D eigenvalue weighted by Gasteiger charge is 2.30. The summed E-state index contributed by atoms with van der Waals surface area (Å²) in [4.78, 5) is 31.0.